The number of amides is 2. The molecule has 2 aliphatic rings. The van der Waals surface area contributed by atoms with E-state index in [2.05, 4.69) is 10.2 Å². The van der Waals surface area contributed by atoms with E-state index in [0.29, 0.717) is 44.2 Å². The number of benzene rings is 1. The molecular weight excluding hydrogens is 351 g/mol. The van der Waals surface area contributed by atoms with Crippen LogP contribution in [0.3, 0.4) is 0 Å². The zero-order chi connectivity index (χ0) is 18.8. The van der Waals surface area contributed by atoms with Crippen LogP contribution >= 0.6 is 0 Å². The molecule has 4 rings (SSSR count). The van der Waals surface area contributed by atoms with Crippen molar-refractivity contribution in [3.05, 3.63) is 41.8 Å². The third kappa shape index (κ3) is 3.71. The zero-order valence-electron chi connectivity index (χ0n) is 14.9. The van der Waals surface area contributed by atoms with Gasteiger partial charge in [0.25, 0.3) is 11.8 Å². The number of nitrogens with one attached hydrogen (secondary N) is 1. The Morgan fingerprint density at radius 2 is 1.81 bits per heavy atom. The summed E-state index contributed by atoms with van der Waals surface area (Å²) >= 11 is 0. The summed E-state index contributed by atoms with van der Waals surface area (Å²) in [6.07, 6.45) is 1.38. The van der Waals surface area contributed by atoms with Gasteiger partial charge in [-0.15, -0.1) is 0 Å². The number of carbonyl (C=O) groups excluding carboxylic acids is 2. The molecular formula is C19H21FN4O3. The van der Waals surface area contributed by atoms with Crippen molar-refractivity contribution in [1.29, 1.82) is 0 Å². The highest BCUT2D eigenvalue weighted by Crippen LogP contribution is 2.20. The van der Waals surface area contributed by atoms with E-state index in [1.165, 1.54) is 12.1 Å². The fourth-order valence-electron chi connectivity index (χ4n) is 3.48. The van der Waals surface area contributed by atoms with Gasteiger partial charge < -0.3 is 14.5 Å². The van der Waals surface area contributed by atoms with Gasteiger partial charge in [0.1, 0.15) is 17.6 Å². The number of carbonyl (C=O) groups is 2. The van der Waals surface area contributed by atoms with E-state index >= 15 is 0 Å². The van der Waals surface area contributed by atoms with Gasteiger partial charge in [0, 0.05) is 38.3 Å². The molecule has 2 saturated heterocycles. The van der Waals surface area contributed by atoms with E-state index in [1.54, 1.807) is 28.0 Å². The molecule has 0 saturated carbocycles. The lowest BCUT2D eigenvalue weighted by Gasteiger charge is -2.35. The summed E-state index contributed by atoms with van der Waals surface area (Å²) in [4.78, 5) is 28.6. The second-order valence-corrected chi connectivity index (χ2v) is 6.79. The summed E-state index contributed by atoms with van der Waals surface area (Å²) in [6, 6.07) is 7.62. The second-order valence-electron chi connectivity index (χ2n) is 6.79. The van der Waals surface area contributed by atoms with E-state index in [-0.39, 0.29) is 23.7 Å². The highest BCUT2D eigenvalue weighted by atomic mass is 19.1. The van der Waals surface area contributed by atoms with E-state index in [9.17, 15) is 14.0 Å². The normalized spacial score (nSPS) is 20.1. The molecule has 7 nitrogen and oxygen atoms in total. The quantitative estimate of drug-likeness (QED) is 0.889. The molecule has 27 heavy (non-hydrogen) atoms. The smallest absolute Gasteiger partial charge is 0.272 e. The van der Waals surface area contributed by atoms with Crippen LogP contribution in [-0.4, -0.2) is 70.7 Å². The molecule has 142 valence electrons. The van der Waals surface area contributed by atoms with Gasteiger partial charge in [0.05, 0.1) is 5.69 Å². The lowest BCUT2D eigenvalue weighted by molar-refractivity contribution is -0.142. The number of aromatic amines is 1. The minimum atomic E-state index is -0.321. The molecule has 2 amide bonds. The van der Waals surface area contributed by atoms with Gasteiger partial charge in [-0.2, -0.15) is 5.10 Å². The Labute approximate surface area is 156 Å². The molecule has 0 spiro atoms. The van der Waals surface area contributed by atoms with Crippen LogP contribution in [0.1, 0.15) is 23.3 Å². The Bertz CT molecular complexity index is 822. The van der Waals surface area contributed by atoms with Crippen molar-refractivity contribution in [2.45, 2.75) is 18.9 Å². The van der Waals surface area contributed by atoms with Gasteiger partial charge in [-0.3, -0.25) is 14.7 Å². The van der Waals surface area contributed by atoms with Crippen molar-refractivity contribution >= 4 is 11.8 Å². The van der Waals surface area contributed by atoms with Crippen LogP contribution < -0.4 is 0 Å². The molecule has 2 aromatic rings. The van der Waals surface area contributed by atoms with Crippen molar-refractivity contribution in [2.24, 2.45) is 0 Å². The highest BCUT2D eigenvalue weighted by Gasteiger charge is 2.31. The van der Waals surface area contributed by atoms with Crippen LogP contribution in [-0.2, 0) is 9.53 Å². The predicted octanol–water partition coefficient (Wildman–Crippen LogP) is 1.68. The second kappa shape index (κ2) is 7.48. The number of nitrogens with zero attached hydrogens (tertiary/aromatic N) is 3. The van der Waals surface area contributed by atoms with E-state index in [0.717, 1.165) is 18.4 Å². The number of ether oxygens (including phenoxy) is 1. The SMILES string of the molecule is O=C(c1cc(-c2ccc(F)cc2)n[nH]1)N1CCN(C(=O)[C@H]2CCCO2)CC1. The number of hydrogen-bond donors (Lipinski definition) is 1. The molecule has 2 fully saturated rings. The van der Waals surface area contributed by atoms with Gasteiger partial charge in [0.2, 0.25) is 0 Å². The molecule has 1 aromatic heterocycles. The van der Waals surface area contributed by atoms with Crippen LogP contribution in [0.25, 0.3) is 11.3 Å². The third-order valence-corrected chi connectivity index (χ3v) is 5.03. The number of H-pyrrole nitrogens is 1. The molecule has 8 heteroatoms. The van der Waals surface area contributed by atoms with Crippen LogP contribution in [0, 0.1) is 5.82 Å². The number of halogens is 1. The maximum Gasteiger partial charge on any atom is 0.272 e. The molecule has 0 unspecified atom stereocenters. The van der Waals surface area contributed by atoms with Gasteiger partial charge in [-0.1, -0.05) is 0 Å². The average molecular weight is 372 g/mol. The van der Waals surface area contributed by atoms with Crippen LogP contribution in [0.4, 0.5) is 4.39 Å². The first-order valence-electron chi connectivity index (χ1n) is 9.13. The van der Waals surface area contributed by atoms with Crippen LogP contribution in [0.15, 0.2) is 30.3 Å². The van der Waals surface area contributed by atoms with Crippen LogP contribution in [0.2, 0.25) is 0 Å². The number of hydrogen-bond acceptors (Lipinski definition) is 4. The topological polar surface area (TPSA) is 78.5 Å². The van der Waals surface area contributed by atoms with Crippen molar-refractivity contribution in [1.82, 2.24) is 20.0 Å². The van der Waals surface area contributed by atoms with Gasteiger partial charge in [0.15, 0.2) is 0 Å². The summed E-state index contributed by atoms with van der Waals surface area (Å²) in [5.74, 6) is -0.444. The molecule has 1 atom stereocenters. The summed E-state index contributed by atoms with van der Waals surface area (Å²) in [6.45, 7) is 2.60. The highest BCUT2D eigenvalue weighted by molar-refractivity contribution is 5.93. The summed E-state index contributed by atoms with van der Waals surface area (Å²) in [7, 11) is 0. The lowest BCUT2D eigenvalue weighted by atomic mass is 10.1. The Balaban J connectivity index is 1.37. The Hall–Kier alpha value is -2.74. The van der Waals surface area contributed by atoms with Crippen molar-refractivity contribution in [3.63, 3.8) is 0 Å². The molecule has 1 N–H and O–H groups in total. The van der Waals surface area contributed by atoms with Gasteiger partial charge in [-0.25, -0.2) is 4.39 Å². The van der Waals surface area contributed by atoms with Gasteiger partial charge in [-0.05, 0) is 43.2 Å². The largest absolute Gasteiger partial charge is 0.368 e. The van der Waals surface area contributed by atoms with E-state index < -0.39 is 0 Å². The Morgan fingerprint density at radius 1 is 1.11 bits per heavy atom. The van der Waals surface area contributed by atoms with Crippen molar-refractivity contribution in [3.8, 4) is 11.3 Å². The van der Waals surface area contributed by atoms with Gasteiger partial charge >= 0.3 is 0 Å². The summed E-state index contributed by atoms with van der Waals surface area (Å²) in [5.41, 5.74) is 1.71. The zero-order valence-corrected chi connectivity index (χ0v) is 14.9. The fourth-order valence-corrected chi connectivity index (χ4v) is 3.48. The summed E-state index contributed by atoms with van der Waals surface area (Å²) in [5, 5.41) is 6.91. The molecule has 1 aromatic carbocycles. The Morgan fingerprint density at radius 3 is 2.48 bits per heavy atom. The van der Waals surface area contributed by atoms with E-state index in [4.69, 9.17) is 4.74 Å². The minimum Gasteiger partial charge on any atom is -0.368 e. The fraction of sp³-hybridized carbons (Fsp3) is 0.421. The average Bonchev–Trinajstić information content (AvgIpc) is 3.40. The lowest BCUT2D eigenvalue weighted by Crippen LogP contribution is -2.52. The number of piperazine rings is 1. The first kappa shape index (κ1) is 17.7. The maximum atomic E-state index is 13.0. The van der Waals surface area contributed by atoms with Crippen LogP contribution in [0.5, 0.6) is 0 Å². The van der Waals surface area contributed by atoms with Crippen molar-refractivity contribution < 1.29 is 18.7 Å². The number of rotatable bonds is 3. The Kier molecular flexibility index (Phi) is 4.89. The predicted molar refractivity (Wildman–Crippen MR) is 95.4 cm³/mol. The molecule has 0 aliphatic carbocycles. The first-order chi connectivity index (χ1) is 13.1. The maximum absolute atomic E-state index is 13.0. The molecule has 0 bridgehead atoms. The monoisotopic (exact) mass is 372 g/mol. The standard InChI is InChI=1S/C19H21FN4O3/c20-14-5-3-13(4-6-14)15-12-16(22-21-15)18(25)23-7-9-24(10-8-23)19(26)17-2-1-11-27-17/h3-6,12,17H,1-2,7-11H2,(H,21,22)/t17-/m1/s1. The first-order valence-corrected chi connectivity index (χ1v) is 9.13. The third-order valence-electron chi connectivity index (χ3n) is 5.03. The summed E-state index contributed by atoms with van der Waals surface area (Å²) < 4.78 is 18.5. The molecule has 2 aliphatic heterocycles. The molecule has 0 radical (unpaired) electrons. The van der Waals surface area contributed by atoms with Crippen molar-refractivity contribution in [2.75, 3.05) is 32.8 Å². The molecule has 3 heterocycles. The van der Waals surface area contributed by atoms with E-state index in [1.807, 2.05) is 0 Å². The number of aromatic nitrogens is 2. The minimum absolute atomic E-state index is 0.0275.